The minimum absolute atomic E-state index is 0.833. The molecule has 3 aromatic rings. The number of hydrogen-bond acceptors (Lipinski definition) is 2. The van der Waals surface area contributed by atoms with E-state index >= 15 is 0 Å². The lowest BCUT2D eigenvalue weighted by Crippen LogP contribution is -1.97. The second-order valence-corrected chi connectivity index (χ2v) is 7.64. The van der Waals surface area contributed by atoms with E-state index in [0.717, 1.165) is 57.2 Å². The summed E-state index contributed by atoms with van der Waals surface area (Å²) in [5.74, 6) is -0.963. The third-order valence-electron chi connectivity index (χ3n) is 5.40. The minimum atomic E-state index is -0.963. The highest BCUT2D eigenvalue weighted by Crippen LogP contribution is 2.37. The lowest BCUT2D eigenvalue weighted by atomic mass is 9.85. The number of nitrogens with one attached hydrogen (secondary N) is 1. The summed E-state index contributed by atoms with van der Waals surface area (Å²) in [5.41, 5.74) is 9.35. The van der Waals surface area contributed by atoms with Gasteiger partial charge in [0, 0.05) is 6.08 Å². The second kappa shape index (κ2) is 10.4. The number of nitrogens with zero attached hydrogens (tertiary/aromatic N) is 1. The molecule has 0 fully saturated rings. The van der Waals surface area contributed by atoms with Crippen LogP contribution in [0, 0.1) is 6.92 Å². The highest BCUT2D eigenvalue weighted by Gasteiger charge is 2.15. The number of carboxylic acid groups (broad SMARTS) is 1. The largest absolute Gasteiger partial charge is 0.478 e. The summed E-state index contributed by atoms with van der Waals surface area (Å²) in [6.07, 6.45) is 7.46. The summed E-state index contributed by atoms with van der Waals surface area (Å²) in [5, 5.41) is 16.0. The molecule has 3 rings (SSSR count). The van der Waals surface area contributed by atoms with Crippen LogP contribution in [-0.4, -0.2) is 21.3 Å². The summed E-state index contributed by atoms with van der Waals surface area (Å²) in [6, 6.07) is 18.2. The van der Waals surface area contributed by atoms with Crippen molar-refractivity contribution in [2.45, 2.75) is 27.2 Å². The fourth-order valence-electron chi connectivity index (χ4n) is 3.63. The monoisotopic (exact) mass is 424 g/mol. The third kappa shape index (κ3) is 5.41. The molecule has 1 aromatic heterocycles. The molecule has 0 saturated heterocycles. The molecule has 0 saturated carbocycles. The Morgan fingerprint density at radius 3 is 2.34 bits per heavy atom. The number of carbonyl (C=O) groups is 1. The Labute approximate surface area is 189 Å². The van der Waals surface area contributed by atoms with Gasteiger partial charge in [0.1, 0.15) is 0 Å². The van der Waals surface area contributed by atoms with Gasteiger partial charge in [0.25, 0.3) is 0 Å². The van der Waals surface area contributed by atoms with Crippen molar-refractivity contribution in [3.05, 3.63) is 113 Å². The van der Waals surface area contributed by atoms with Gasteiger partial charge < -0.3 is 5.11 Å². The van der Waals surface area contributed by atoms with Crippen LogP contribution in [-0.2, 0) is 4.79 Å². The van der Waals surface area contributed by atoms with Gasteiger partial charge in [-0.25, -0.2) is 4.79 Å². The van der Waals surface area contributed by atoms with Crippen LogP contribution >= 0.6 is 0 Å². The van der Waals surface area contributed by atoms with Gasteiger partial charge in [-0.1, -0.05) is 68.1 Å². The van der Waals surface area contributed by atoms with Gasteiger partial charge in [-0.2, -0.15) is 5.10 Å². The molecular weight excluding hydrogens is 396 g/mol. The smallest absolute Gasteiger partial charge is 0.328 e. The Morgan fingerprint density at radius 1 is 1.09 bits per heavy atom. The number of rotatable bonds is 8. The van der Waals surface area contributed by atoms with Crippen molar-refractivity contribution in [2.24, 2.45) is 0 Å². The lowest BCUT2D eigenvalue weighted by Gasteiger charge is -2.19. The van der Waals surface area contributed by atoms with E-state index in [0.29, 0.717) is 0 Å². The molecule has 2 N–H and O–H groups in total. The van der Waals surface area contributed by atoms with Gasteiger partial charge in [0.15, 0.2) is 0 Å². The Balaban J connectivity index is 2.13. The van der Waals surface area contributed by atoms with E-state index in [1.165, 1.54) is 5.57 Å². The summed E-state index contributed by atoms with van der Waals surface area (Å²) >= 11 is 0. The molecule has 0 atom stereocenters. The third-order valence-corrected chi connectivity index (χ3v) is 5.40. The summed E-state index contributed by atoms with van der Waals surface area (Å²) in [6.45, 7) is 10.7. The number of benzene rings is 2. The van der Waals surface area contributed by atoms with Crippen molar-refractivity contribution < 1.29 is 9.90 Å². The van der Waals surface area contributed by atoms with Gasteiger partial charge in [-0.3, -0.25) is 5.10 Å². The highest BCUT2D eigenvalue weighted by atomic mass is 16.4. The van der Waals surface area contributed by atoms with Crippen LogP contribution in [0.1, 0.15) is 48.2 Å². The van der Waals surface area contributed by atoms with Gasteiger partial charge >= 0.3 is 5.97 Å². The van der Waals surface area contributed by atoms with Gasteiger partial charge in [0.05, 0.1) is 11.9 Å². The molecule has 0 bridgehead atoms. The summed E-state index contributed by atoms with van der Waals surface area (Å²) in [7, 11) is 0. The second-order valence-electron chi connectivity index (χ2n) is 7.64. The minimum Gasteiger partial charge on any atom is -0.478 e. The van der Waals surface area contributed by atoms with Crippen molar-refractivity contribution in [1.29, 1.82) is 0 Å². The summed E-state index contributed by atoms with van der Waals surface area (Å²) in [4.78, 5) is 10.8. The molecule has 4 heteroatoms. The zero-order valence-corrected chi connectivity index (χ0v) is 18.7. The van der Waals surface area contributed by atoms with E-state index in [9.17, 15) is 4.79 Å². The van der Waals surface area contributed by atoms with Gasteiger partial charge in [0.2, 0.25) is 0 Å². The molecule has 0 unspecified atom stereocenters. The Kier molecular flexibility index (Phi) is 7.40. The molecule has 0 radical (unpaired) electrons. The van der Waals surface area contributed by atoms with E-state index in [4.69, 9.17) is 5.11 Å². The number of aromatic amines is 1. The standard InChI is InChI=1S/C28H28N2O2/c1-5-25(23-9-7-6-8-10-23)28(21(4)19(2)17-26-20(3)18-29-30-26)24-14-11-22(12-15-24)13-16-27(31)32/h6-18H,4-5H2,1-3H3,(H,29,30)(H,31,32)/b16-13+,19-17-,28-25-. The first-order chi connectivity index (χ1) is 15.4. The number of allylic oxidation sites excluding steroid dienone is 4. The maximum atomic E-state index is 10.8. The molecule has 0 aliphatic rings. The quantitative estimate of drug-likeness (QED) is 0.237. The number of H-pyrrole nitrogens is 1. The number of carboxylic acids is 1. The van der Waals surface area contributed by atoms with Crippen molar-refractivity contribution in [3.63, 3.8) is 0 Å². The predicted molar refractivity (Wildman–Crippen MR) is 133 cm³/mol. The first-order valence-corrected chi connectivity index (χ1v) is 10.6. The molecule has 1 heterocycles. The zero-order chi connectivity index (χ0) is 23.1. The maximum Gasteiger partial charge on any atom is 0.328 e. The molecule has 0 spiro atoms. The van der Waals surface area contributed by atoms with Crippen LogP contribution < -0.4 is 0 Å². The SMILES string of the molecule is C=C(/C(C)=C\c1[nH]ncc1C)/C(=C(\CC)c1ccccc1)c1ccc(/C=C/C(=O)O)cc1. The molecule has 2 aromatic carbocycles. The van der Waals surface area contributed by atoms with Crippen LogP contribution in [0.3, 0.4) is 0 Å². The van der Waals surface area contributed by atoms with Crippen molar-refractivity contribution in [3.8, 4) is 0 Å². The molecule has 0 amide bonds. The fraction of sp³-hybridized carbons (Fsp3) is 0.143. The molecule has 0 aliphatic carbocycles. The topological polar surface area (TPSA) is 66.0 Å². The number of aromatic nitrogens is 2. The Morgan fingerprint density at radius 2 is 1.78 bits per heavy atom. The fourth-order valence-corrected chi connectivity index (χ4v) is 3.63. The zero-order valence-electron chi connectivity index (χ0n) is 18.7. The summed E-state index contributed by atoms with van der Waals surface area (Å²) < 4.78 is 0. The number of aliphatic carboxylic acids is 1. The average Bonchev–Trinajstić information content (AvgIpc) is 3.20. The first kappa shape index (κ1) is 22.8. The van der Waals surface area contributed by atoms with Gasteiger partial charge in [-0.05, 0) is 77.0 Å². The van der Waals surface area contributed by atoms with E-state index in [2.05, 4.69) is 48.8 Å². The molecule has 4 nitrogen and oxygen atoms in total. The lowest BCUT2D eigenvalue weighted by molar-refractivity contribution is -0.131. The van der Waals surface area contributed by atoms with E-state index < -0.39 is 5.97 Å². The van der Waals surface area contributed by atoms with Crippen LogP contribution in [0.4, 0.5) is 0 Å². The van der Waals surface area contributed by atoms with Crippen LogP contribution in [0.5, 0.6) is 0 Å². The molecule has 162 valence electrons. The number of hydrogen-bond donors (Lipinski definition) is 2. The number of aryl methyl sites for hydroxylation is 1. The molecule has 32 heavy (non-hydrogen) atoms. The predicted octanol–water partition coefficient (Wildman–Crippen LogP) is 6.80. The van der Waals surface area contributed by atoms with E-state index in [1.54, 1.807) is 6.08 Å². The molecular formula is C28H28N2O2. The van der Waals surface area contributed by atoms with Crippen molar-refractivity contribution in [2.75, 3.05) is 0 Å². The van der Waals surface area contributed by atoms with Crippen molar-refractivity contribution >= 4 is 29.3 Å². The Bertz CT molecular complexity index is 1190. The highest BCUT2D eigenvalue weighted by molar-refractivity contribution is 6.01. The molecule has 0 aliphatic heterocycles. The normalized spacial score (nSPS) is 12.7. The maximum absolute atomic E-state index is 10.8. The van der Waals surface area contributed by atoms with Gasteiger partial charge in [-0.15, -0.1) is 0 Å². The van der Waals surface area contributed by atoms with Crippen molar-refractivity contribution in [1.82, 2.24) is 10.2 Å². The average molecular weight is 425 g/mol. The van der Waals surface area contributed by atoms with Crippen LogP contribution in [0.15, 0.2) is 84.6 Å². The van der Waals surface area contributed by atoms with E-state index in [-0.39, 0.29) is 0 Å². The van der Waals surface area contributed by atoms with E-state index in [1.807, 2.05) is 55.6 Å². The van der Waals surface area contributed by atoms with Crippen LogP contribution in [0.2, 0.25) is 0 Å². The Hall–Kier alpha value is -3.92. The van der Waals surface area contributed by atoms with Crippen LogP contribution in [0.25, 0.3) is 23.3 Å². The first-order valence-electron chi connectivity index (χ1n) is 10.6.